The van der Waals surface area contributed by atoms with Gasteiger partial charge in [0.2, 0.25) is 0 Å². The number of fused-ring (bicyclic) bond motifs is 1. The van der Waals surface area contributed by atoms with E-state index < -0.39 is 0 Å². The van der Waals surface area contributed by atoms with E-state index >= 15 is 0 Å². The lowest BCUT2D eigenvalue weighted by molar-refractivity contribution is 0.226. The zero-order valence-electron chi connectivity index (χ0n) is 8.65. The number of hydrogen-bond donors (Lipinski definition) is 3. The molecule has 0 radical (unpaired) electrons. The number of nitrogens with one attached hydrogen (secondary N) is 3. The molecule has 0 amide bonds. The molecule has 2 aliphatic heterocycles. The van der Waals surface area contributed by atoms with Gasteiger partial charge in [0.15, 0.2) is 0 Å². The van der Waals surface area contributed by atoms with E-state index in [-0.39, 0.29) is 11.8 Å². The van der Waals surface area contributed by atoms with Crippen molar-refractivity contribution in [2.24, 2.45) is 0 Å². The van der Waals surface area contributed by atoms with Gasteiger partial charge in [-0.05, 0) is 47.7 Å². The summed E-state index contributed by atoms with van der Waals surface area (Å²) in [5.41, 5.74) is 1.43. The van der Waals surface area contributed by atoms with Crippen molar-refractivity contribution in [2.45, 2.75) is 43.9 Å². The highest BCUT2D eigenvalue weighted by molar-refractivity contribution is 9.11. The summed E-state index contributed by atoms with van der Waals surface area (Å²) in [6.07, 6.45) is 11.0. The molecule has 0 aromatic rings. The van der Waals surface area contributed by atoms with Crippen molar-refractivity contribution >= 4 is 15.9 Å². The topological polar surface area (TPSA) is 36.1 Å². The highest BCUT2D eigenvalue weighted by atomic mass is 79.9. The van der Waals surface area contributed by atoms with E-state index in [1.165, 1.54) is 37.8 Å². The van der Waals surface area contributed by atoms with Gasteiger partial charge in [-0.15, -0.1) is 0 Å². The van der Waals surface area contributed by atoms with Crippen LogP contribution in [0.4, 0.5) is 0 Å². The molecule has 1 aliphatic carbocycles. The predicted octanol–water partition coefficient (Wildman–Crippen LogP) is 1.89. The first-order valence-corrected chi connectivity index (χ1v) is 6.46. The molecule has 3 aliphatic rings. The summed E-state index contributed by atoms with van der Waals surface area (Å²) in [6, 6.07) is 0. The highest BCUT2D eigenvalue weighted by Gasteiger charge is 2.41. The van der Waals surface area contributed by atoms with Gasteiger partial charge >= 0.3 is 0 Å². The van der Waals surface area contributed by atoms with Gasteiger partial charge in [-0.2, -0.15) is 0 Å². The van der Waals surface area contributed by atoms with Crippen molar-refractivity contribution < 1.29 is 0 Å². The van der Waals surface area contributed by atoms with Crippen LogP contribution in [0.1, 0.15) is 32.1 Å². The van der Waals surface area contributed by atoms with Gasteiger partial charge in [-0.3, -0.25) is 5.32 Å². The molecule has 3 rings (SSSR count). The number of hydrogen-bond acceptors (Lipinski definition) is 3. The number of halogens is 1. The Hall–Kier alpha value is -0.480. The second kappa shape index (κ2) is 3.52. The first kappa shape index (κ1) is 9.73. The van der Waals surface area contributed by atoms with Crippen LogP contribution in [0.3, 0.4) is 0 Å². The smallest absolute Gasteiger partial charge is 0.120 e. The Morgan fingerprint density at radius 2 is 2.07 bits per heavy atom. The van der Waals surface area contributed by atoms with Gasteiger partial charge in [0, 0.05) is 10.7 Å². The second-order valence-electron chi connectivity index (χ2n) is 4.64. The zero-order valence-corrected chi connectivity index (χ0v) is 10.2. The highest BCUT2D eigenvalue weighted by Crippen LogP contribution is 2.32. The van der Waals surface area contributed by atoms with Crippen molar-refractivity contribution in [2.75, 3.05) is 0 Å². The summed E-state index contributed by atoms with van der Waals surface area (Å²) in [5, 5.41) is 10.7. The third-order valence-corrected chi connectivity index (χ3v) is 3.96. The molecule has 1 atom stereocenters. The summed E-state index contributed by atoms with van der Waals surface area (Å²) in [4.78, 5) is 0. The van der Waals surface area contributed by atoms with Crippen LogP contribution in [0, 0.1) is 0 Å². The van der Waals surface area contributed by atoms with Gasteiger partial charge in [-0.25, -0.2) is 0 Å². The van der Waals surface area contributed by atoms with Crippen molar-refractivity contribution in [1.29, 1.82) is 0 Å². The average molecular weight is 270 g/mol. The molecule has 1 unspecified atom stereocenters. The maximum Gasteiger partial charge on any atom is 0.120 e. The molecule has 1 spiro atoms. The summed E-state index contributed by atoms with van der Waals surface area (Å²) >= 11 is 3.49. The minimum Gasteiger partial charge on any atom is -0.370 e. The summed E-state index contributed by atoms with van der Waals surface area (Å²) in [6.45, 7) is 0. The van der Waals surface area contributed by atoms with Crippen LogP contribution in [0.5, 0.6) is 0 Å². The van der Waals surface area contributed by atoms with Crippen molar-refractivity contribution in [3.8, 4) is 0 Å². The fourth-order valence-electron chi connectivity index (χ4n) is 2.77. The van der Waals surface area contributed by atoms with Crippen LogP contribution < -0.4 is 16.0 Å². The molecule has 4 heteroatoms. The van der Waals surface area contributed by atoms with Gasteiger partial charge in [0.05, 0.1) is 11.4 Å². The van der Waals surface area contributed by atoms with E-state index in [4.69, 9.17) is 0 Å². The molecular formula is C11H16BrN3. The molecule has 3 N–H and O–H groups in total. The van der Waals surface area contributed by atoms with Crippen LogP contribution in [0.2, 0.25) is 0 Å². The number of allylic oxidation sites excluding steroid dienone is 2. The van der Waals surface area contributed by atoms with Gasteiger partial charge < -0.3 is 10.6 Å². The Balaban J connectivity index is 1.80. The largest absolute Gasteiger partial charge is 0.370 e. The minimum atomic E-state index is 0.160. The number of rotatable bonds is 0. The van der Waals surface area contributed by atoms with Crippen LogP contribution in [-0.4, -0.2) is 11.8 Å². The lowest BCUT2D eigenvalue weighted by atomic mass is 9.90. The van der Waals surface area contributed by atoms with E-state index in [0.717, 1.165) is 4.48 Å². The molecule has 2 fully saturated rings. The van der Waals surface area contributed by atoms with Gasteiger partial charge in [-0.1, -0.05) is 6.42 Å². The standard InChI is InChI=1S/C11H16BrN3/c12-8-6-9-10(13-7-8)15-11(14-9)4-2-1-3-5-11/h6-7,10,13-15H,1-5H2. The molecule has 1 saturated heterocycles. The van der Waals surface area contributed by atoms with E-state index in [2.05, 4.69) is 38.0 Å². The molecule has 15 heavy (non-hydrogen) atoms. The molecular weight excluding hydrogens is 254 g/mol. The van der Waals surface area contributed by atoms with Crippen molar-refractivity contribution in [3.63, 3.8) is 0 Å². The summed E-state index contributed by atoms with van der Waals surface area (Å²) in [5.74, 6) is 0. The first-order chi connectivity index (χ1) is 7.27. The van der Waals surface area contributed by atoms with Crippen LogP contribution >= 0.6 is 15.9 Å². The molecule has 0 aromatic carbocycles. The molecule has 3 nitrogen and oxygen atoms in total. The Morgan fingerprint density at radius 1 is 1.27 bits per heavy atom. The second-order valence-corrected chi connectivity index (χ2v) is 5.56. The van der Waals surface area contributed by atoms with Crippen LogP contribution in [-0.2, 0) is 0 Å². The molecule has 82 valence electrons. The quantitative estimate of drug-likeness (QED) is 0.629. The number of dihydropyridines is 1. The van der Waals surface area contributed by atoms with Crippen molar-refractivity contribution in [1.82, 2.24) is 16.0 Å². The van der Waals surface area contributed by atoms with Gasteiger partial charge in [0.25, 0.3) is 0 Å². The Labute approximate surface area is 98.5 Å². The SMILES string of the molecule is BrC1=CNC2NC3(CCCCC3)NC2=C1. The molecule has 0 aromatic heterocycles. The molecule has 0 bridgehead atoms. The summed E-state index contributed by atoms with van der Waals surface area (Å²) < 4.78 is 1.11. The van der Waals surface area contributed by atoms with Crippen LogP contribution in [0.15, 0.2) is 22.5 Å². The molecule has 1 saturated carbocycles. The lowest BCUT2D eigenvalue weighted by Crippen LogP contribution is -2.52. The fourth-order valence-corrected chi connectivity index (χ4v) is 3.15. The zero-order chi connectivity index (χ0) is 10.3. The fraction of sp³-hybridized carbons (Fsp3) is 0.636. The Bertz CT molecular complexity index is 329. The van der Waals surface area contributed by atoms with E-state index in [9.17, 15) is 0 Å². The van der Waals surface area contributed by atoms with E-state index in [1.807, 2.05) is 6.20 Å². The third-order valence-electron chi connectivity index (χ3n) is 3.50. The lowest BCUT2D eigenvalue weighted by Gasteiger charge is -2.34. The maximum absolute atomic E-state index is 3.67. The third kappa shape index (κ3) is 1.70. The normalized spacial score (nSPS) is 32.5. The van der Waals surface area contributed by atoms with Gasteiger partial charge in [0.1, 0.15) is 6.17 Å². The summed E-state index contributed by atoms with van der Waals surface area (Å²) in [7, 11) is 0. The van der Waals surface area contributed by atoms with Crippen molar-refractivity contribution in [3.05, 3.63) is 22.5 Å². The maximum atomic E-state index is 3.67. The van der Waals surface area contributed by atoms with E-state index in [0.29, 0.717) is 0 Å². The van der Waals surface area contributed by atoms with Crippen LogP contribution in [0.25, 0.3) is 0 Å². The minimum absolute atomic E-state index is 0.160. The average Bonchev–Trinajstić information content (AvgIpc) is 2.56. The first-order valence-electron chi connectivity index (χ1n) is 5.67. The Morgan fingerprint density at radius 3 is 2.87 bits per heavy atom. The predicted molar refractivity (Wildman–Crippen MR) is 64.1 cm³/mol. The molecule has 2 heterocycles. The van der Waals surface area contributed by atoms with E-state index in [1.54, 1.807) is 0 Å². The monoisotopic (exact) mass is 269 g/mol. The Kier molecular flexibility index (Phi) is 2.29.